The highest BCUT2D eigenvalue weighted by molar-refractivity contribution is 6.29. The number of pyridine rings is 1. The SMILES string of the molecule is C/C=C/CCNc1cc(N)cc(Cl)n1. The number of hydrogen-bond donors (Lipinski definition) is 2. The van der Waals surface area contributed by atoms with Crippen LogP contribution in [0.25, 0.3) is 0 Å². The van der Waals surface area contributed by atoms with Gasteiger partial charge in [-0.25, -0.2) is 4.98 Å². The van der Waals surface area contributed by atoms with Crippen molar-refractivity contribution in [2.75, 3.05) is 17.6 Å². The van der Waals surface area contributed by atoms with Gasteiger partial charge in [-0.1, -0.05) is 23.8 Å². The summed E-state index contributed by atoms with van der Waals surface area (Å²) >= 11 is 5.75. The average molecular weight is 212 g/mol. The van der Waals surface area contributed by atoms with Crippen molar-refractivity contribution < 1.29 is 0 Å². The standard InChI is InChI=1S/C10H14ClN3/c1-2-3-4-5-13-10-7-8(12)6-9(11)14-10/h2-3,6-7H,4-5H2,1H3,(H3,12,13,14)/b3-2+. The highest BCUT2D eigenvalue weighted by Gasteiger charge is 1.97. The molecule has 0 aromatic carbocycles. The normalized spacial score (nSPS) is 10.7. The van der Waals surface area contributed by atoms with Crippen LogP contribution in [0.1, 0.15) is 13.3 Å². The van der Waals surface area contributed by atoms with Gasteiger partial charge in [-0.2, -0.15) is 0 Å². The number of nitrogens with one attached hydrogen (secondary N) is 1. The van der Waals surface area contributed by atoms with Crippen molar-refractivity contribution in [1.29, 1.82) is 0 Å². The summed E-state index contributed by atoms with van der Waals surface area (Å²) in [5.74, 6) is 0.722. The van der Waals surface area contributed by atoms with Crippen molar-refractivity contribution in [3.05, 3.63) is 29.4 Å². The second-order valence-corrected chi connectivity index (χ2v) is 3.28. The lowest BCUT2D eigenvalue weighted by Gasteiger charge is -2.04. The van der Waals surface area contributed by atoms with Gasteiger partial charge in [0.25, 0.3) is 0 Å². The number of nitrogen functional groups attached to an aromatic ring is 1. The Morgan fingerprint density at radius 3 is 3.00 bits per heavy atom. The van der Waals surface area contributed by atoms with Crippen molar-refractivity contribution in [3.8, 4) is 0 Å². The molecule has 0 aliphatic rings. The Morgan fingerprint density at radius 2 is 2.36 bits per heavy atom. The van der Waals surface area contributed by atoms with E-state index in [1.807, 2.05) is 13.0 Å². The summed E-state index contributed by atoms with van der Waals surface area (Å²) in [6, 6.07) is 3.39. The molecule has 0 unspecified atom stereocenters. The number of nitrogens with two attached hydrogens (primary N) is 1. The molecule has 0 saturated heterocycles. The van der Waals surface area contributed by atoms with Crippen molar-refractivity contribution in [1.82, 2.24) is 4.98 Å². The average Bonchev–Trinajstić information content (AvgIpc) is 2.11. The van der Waals surface area contributed by atoms with Crippen LogP contribution in [0.15, 0.2) is 24.3 Å². The minimum Gasteiger partial charge on any atom is -0.399 e. The smallest absolute Gasteiger partial charge is 0.133 e. The first-order valence-electron chi connectivity index (χ1n) is 4.50. The summed E-state index contributed by atoms with van der Waals surface area (Å²) in [6.45, 7) is 2.83. The molecule has 4 heteroatoms. The molecule has 0 atom stereocenters. The minimum absolute atomic E-state index is 0.415. The van der Waals surface area contributed by atoms with Gasteiger partial charge in [0.15, 0.2) is 0 Å². The van der Waals surface area contributed by atoms with Crippen LogP contribution in [0.4, 0.5) is 11.5 Å². The fraction of sp³-hybridized carbons (Fsp3) is 0.300. The first kappa shape index (κ1) is 10.9. The third kappa shape index (κ3) is 3.66. The van der Waals surface area contributed by atoms with Crippen molar-refractivity contribution in [3.63, 3.8) is 0 Å². The van der Waals surface area contributed by atoms with E-state index in [4.69, 9.17) is 17.3 Å². The molecule has 0 radical (unpaired) electrons. The largest absolute Gasteiger partial charge is 0.399 e. The van der Waals surface area contributed by atoms with Gasteiger partial charge in [-0.15, -0.1) is 0 Å². The van der Waals surface area contributed by atoms with Crippen LogP contribution in [0.3, 0.4) is 0 Å². The fourth-order valence-corrected chi connectivity index (χ4v) is 1.27. The molecule has 3 nitrogen and oxygen atoms in total. The second kappa shape index (κ2) is 5.50. The minimum atomic E-state index is 0.415. The molecular formula is C10H14ClN3. The van der Waals surface area contributed by atoms with Gasteiger partial charge >= 0.3 is 0 Å². The molecule has 0 fully saturated rings. The maximum absolute atomic E-state index is 5.75. The summed E-state index contributed by atoms with van der Waals surface area (Å²) in [6.07, 6.45) is 5.06. The lowest BCUT2D eigenvalue weighted by Crippen LogP contribution is -2.03. The van der Waals surface area contributed by atoms with Crippen LogP contribution >= 0.6 is 11.6 Å². The zero-order chi connectivity index (χ0) is 10.4. The van der Waals surface area contributed by atoms with Crippen LogP contribution in [0.5, 0.6) is 0 Å². The number of anilines is 2. The molecule has 1 heterocycles. The zero-order valence-electron chi connectivity index (χ0n) is 8.13. The van der Waals surface area contributed by atoms with Gasteiger partial charge in [-0.05, 0) is 19.4 Å². The molecule has 0 amide bonds. The number of hydrogen-bond acceptors (Lipinski definition) is 3. The number of nitrogens with zero attached hydrogens (tertiary/aromatic N) is 1. The highest BCUT2D eigenvalue weighted by atomic mass is 35.5. The maximum atomic E-state index is 5.75. The maximum Gasteiger partial charge on any atom is 0.133 e. The first-order chi connectivity index (χ1) is 6.72. The Balaban J connectivity index is 2.50. The van der Waals surface area contributed by atoms with Gasteiger partial charge in [0.2, 0.25) is 0 Å². The third-order valence-corrected chi connectivity index (χ3v) is 1.86. The topological polar surface area (TPSA) is 50.9 Å². The van der Waals surface area contributed by atoms with E-state index in [9.17, 15) is 0 Å². The molecule has 0 aliphatic heterocycles. The van der Waals surface area contributed by atoms with Gasteiger partial charge in [0.1, 0.15) is 11.0 Å². The van der Waals surface area contributed by atoms with E-state index >= 15 is 0 Å². The Morgan fingerprint density at radius 1 is 1.57 bits per heavy atom. The third-order valence-electron chi connectivity index (χ3n) is 1.67. The van der Waals surface area contributed by atoms with Gasteiger partial charge in [-0.3, -0.25) is 0 Å². The predicted molar refractivity (Wildman–Crippen MR) is 61.6 cm³/mol. The molecule has 1 aromatic heterocycles. The van der Waals surface area contributed by atoms with Crippen LogP contribution < -0.4 is 11.1 Å². The van der Waals surface area contributed by atoms with E-state index in [1.54, 1.807) is 12.1 Å². The summed E-state index contributed by atoms with van der Waals surface area (Å²) < 4.78 is 0. The molecule has 0 aliphatic carbocycles. The molecule has 76 valence electrons. The number of allylic oxidation sites excluding steroid dienone is 1. The van der Waals surface area contributed by atoms with E-state index in [0.29, 0.717) is 10.8 Å². The molecule has 14 heavy (non-hydrogen) atoms. The zero-order valence-corrected chi connectivity index (χ0v) is 8.88. The highest BCUT2D eigenvalue weighted by Crippen LogP contribution is 2.15. The van der Waals surface area contributed by atoms with Crippen molar-refractivity contribution in [2.45, 2.75) is 13.3 Å². The monoisotopic (exact) mass is 211 g/mol. The molecular weight excluding hydrogens is 198 g/mol. The predicted octanol–water partition coefficient (Wildman–Crippen LogP) is 2.70. The van der Waals surface area contributed by atoms with Gasteiger partial charge in [0, 0.05) is 18.3 Å². The number of aromatic nitrogens is 1. The molecule has 3 N–H and O–H groups in total. The molecule has 0 bridgehead atoms. The molecule has 0 saturated carbocycles. The molecule has 1 aromatic rings. The van der Waals surface area contributed by atoms with Crippen molar-refractivity contribution in [2.24, 2.45) is 0 Å². The Hall–Kier alpha value is -1.22. The van der Waals surface area contributed by atoms with E-state index in [1.165, 1.54) is 0 Å². The van der Waals surface area contributed by atoms with Gasteiger partial charge in [0.05, 0.1) is 0 Å². The van der Waals surface area contributed by atoms with E-state index < -0.39 is 0 Å². The van der Waals surface area contributed by atoms with Crippen molar-refractivity contribution >= 4 is 23.1 Å². The summed E-state index contributed by atoms with van der Waals surface area (Å²) in [5.41, 5.74) is 6.24. The van der Waals surface area contributed by atoms with E-state index in [2.05, 4.69) is 16.4 Å². The lowest BCUT2D eigenvalue weighted by molar-refractivity contribution is 1.05. The van der Waals surface area contributed by atoms with Crippen LogP contribution in [0, 0.1) is 0 Å². The second-order valence-electron chi connectivity index (χ2n) is 2.89. The first-order valence-corrected chi connectivity index (χ1v) is 4.88. The fourth-order valence-electron chi connectivity index (χ4n) is 1.06. The lowest BCUT2D eigenvalue weighted by atomic mass is 10.3. The van der Waals surface area contributed by atoms with E-state index in [0.717, 1.165) is 18.8 Å². The summed E-state index contributed by atoms with van der Waals surface area (Å²) in [4.78, 5) is 4.08. The van der Waals surface area contributed by atoms with E-state index in [-0.39, 0.29) is 0 Å². The van der Waals surface area contributed by atoms with Crippen LogP contribution in [0.2, 0.25) is 5.15 Å². The van der Waals surface area contributed by atoms with Crippen LogP contribution in [-0.2, 0) is 0 Å². The Bertz CT molecular complexity index is 303. The van der Waals surface area contributed by atoms with Gasteiger partial charge < -0.3 is 11.1 Å². The summed E-state index contributed by atoms with van der Waals surface area (Å²) in [5, 5.41) is 3.55. The number of rotatable bonds is 4. The number of halogens is 1. The molecule has 0 spiro atoms. The van der Waals surface area contributed by atoms with Crippen LogP contribution in [-0.4, -0.2) is 11.5 Å². The quantitative estimate of drug-likeness (QED) is 0.458. The molecule has 1 rings (SSSR count). The summed E-state index contributed by atoms with van der Waals surface area (Å²) in [7, 11) is 0. The Kier molecular flexibility index (Phi) is 4.26. The Labute approximate surface area is 89.0 Å².